The number of phenols is 1. The summed E-state index contributed by atoms with van der Waals surface area (Å²) in [6.45, 7) is 1.99. The van der Waals surface area contributed by atoms with Gasteiger partial charge < -0.3 is 9.52 Å². The van der Waals surface area contributed by atoms with Crippen molar-refractivity contribution in [2.45, 2.75) is 24.3 Å². The molecule has 6 rings (SSSR count). The normalized spacial score (nSPS) is 15.1. The van der Waals surface area contributed by atoms with Crippen LogP contribution in [0.15, 0.2) is 106 Å². The van der Waals surface area contributed by atoms with E-state index in [0.717, 1.165) is 39.0 Å². The molecule has 0 radical (unpaired) electrons. The number of benzene rings is 4. The van der Waals surface area contributed by atoms with Crippen molar-refractivity contribution in [2.75, 3.05) is 4.31 Å². The Bertz CT molecular complexity index is 1640. The molecule has 4 aromatic carbocycles. The molecule has 5 nitrogen and oxygen atoms in total. The molecule has 0 fully saturated rings. The highest BCUT2D eigenvalue weighted by atomic mass is 32.2. The monoisotopic (exact) mass is 481 g/mol. The van der Waals surface area contributed by atoms with Crippen LogP contribution in [0.25, 0.3) is 33.4 Å². The van der Waals surface area contributed by atoms with E-state index in [9.17, 15) is 13.5 Å². The van der Waals surface area contributed by atoms with Gasteiger partial charge in [-0.2, -0.15) is 0 Å². The van der Waals surface area contributed by atoms with Crippen molar-refractivity contribution in [1.82, 2.24) is 0 Å². The van der Waals surface area contributed by atoms with Crippen molar-refractivity contribution in [3.05, 3.63) is 103 Å². The zero-order valence-corrected chi connectivity index (χ0v) is 19.9. The van der Waals surface area contributed by atoms with Gasteiger partial charge in [-0.05, 0) is 72.1 Å². The van der Waals surface area contributed by atoms with Crippen LogP contribution in [0.1, 0.15) is 24.9 Å². The van der Waals surface area contributed by atoms with Crippen LogP contribution >= 0.6 is 0 Å². The second kappa shape index (κ2) is 8.03. The van der Waals surface area contributed by atoms with Crippen LogP contribution < -0.4 is 4.31 Å². The SMILES string of the molecule is CCC1c2ccccc2-c2cc(-c3cc4ccccc4o3)ccc2N1S(=O)(=O)c1ccc(O)cc1. The van der Waals surface area contributed by atoms with Gasteiger partial charge in [0.05, 0.1) is 16.6 Å². The minimum absolute atomic E-state index is 0.0239. The van der Waals surface area contributed by atoms with E-state index >= 15 is 0 Å². The summed E-state index contributed by atoms with van der Waals surface area (Å²) >= 11 is 0. The van der Waals surface area contributed by atoms with Crippen molar-refractivity contribution in [3.8, 4) is 28.2 Å². The number of hydrogen-bond donors (Lipinski definition) is 1. The molecule has 35 heavy (non-hydrogen) atoms. The van der Waals surface area contributed by atoms with Gasteiger partial charge in [0, 0.05) is 16.5 Å². The lowest BCUT2D eigenvalue weighted by molar-refractivity contribution is 0.474. The van der Waals surface area contributed by atoms with Crippen molar-refractivity contribution in [2.24, 2.45) is 0 Å². The van der Waals surface area contributed by atoms with Crippen molar-refractivity contribution in [1.29, 1.82) is 0 Å². The van der Waals surface area contributed by atoms with Gasteiger partial charge in [-0.3, -0.25) is 4.31 Å². The number of hydrogen-bond acceptors (Lipinski definition) is 4. The summed E-state index contributed by atoms with van der Waals surface area (Å²) in [6, 6.07) is 29.0. The number of para-hydroxylation sites is 1. The molecule has 0 aliphatic carbocycles. The molecular formula is C29H23NO4S. The number of anilines is 1. The molecule has 1 aliphatic rings. The van der Waals surface area contributed by atoms with Crippen LogP contribution in [0, 0.1) is 0 Å². The molecule has 0 bridgehead atoms. The number of rotatable bonds is 4. The molecule has 0 saturated carbocycles. The number of sulfonamides is 1. The lowest BCUT2D eigenvalue weighted by Crippen LogP contribution is -2.37. The minimum Gasteiger partial charge on any atom is -0.508 e. The summed E-state index contributed by atoms with van der Waals surface area (Å²) in [5.74, 6) is 0.757. The largest absolute Gasteiger partial charge is 0.508 e. The lowest BCUT2D eigenvalue weighted by atomic mass is 9.87. The van der Waals surface area contributed by atoms with Gasteiger partial charge in [0.1, 0.15) is 17.1 Å². The van der Waals surface area contributed by atoms with Crippen LogP contribution in [0.4, 0.5) is 5.69 Å². The van der Waals surface area contributed by atoms with E-state index in [1.54, 1.807) is 0 Å². The van der Waals surface area contributed by atoms with Crippen molar-refractivity contribution < 1.29 is 17.9 Å². The van der Waals surface area contributed by atoms with Crippen LogP contribution in [0.5, 0.6) is 5.75 Å². The Balaban J connectivity index is 1.57. The first-order valence-corrected chi connectivity index (χ1v) is 13.0. The van der Waals surface area contributed by atoms with E-state index in [1.807, 2.05) is 79.7 Å². The highest BCUT2D eigenvalue weighted by molar-refractivity contribution is 7.92. The Morgan fingerprint density at radius 1 is 0.857 bits per heavy atom. The molecule has 0 amide bonds. The average Bonchev–Trinajstić information content (AvgIpc) is 3.32. The first kappa shape index (κ1) is 21.5. The summed E-state index contributed by atoms with van der Waals surface area (Å²) < 4.78 is 35.5. The van der Waals surface area contributed by atoms with Crippen molar-refractivity contribution >= 4 is 26.7 Å². The topological polar surface area (TPSA) is 70.8 Å². The van der Waals surface area contributed by atoms with Crippen LogP contribution in [-0.4, -0.2) is 13.5 Å². The molecule has 1 N–H and O–H groups in total. The Morgan fingerprint density at radius 2 is 1.60 bits per heavy atom. The summed E-state index contributed by atoms with van der Waals surface area (Å²) in [4.78, 5) is 0.139. The van der Waals surface area contributed by atoms with Gasteiger partial charge in [0.15, 0.2) is 0 Å². The predicted molar refractivity (Wildman–Crippen MR) is 138 cm³/mol. The maximum absolute atomic E-state index is 13.9. The third-order valence-electron chi connectivity index (χ3n) is 6.62. The van der Waals surface area contributed by atoms with Gasteiger partial charge in [-0.1, -0.05) is 49.4 Å². The molecular weight excluding hydrogens is 458 g/mol. The molecule has 0 saturated heterocycles. The molecule has 174 valence electrons. The Morgan fingerprint density at radius 3 is 2.37 bits per heavy atom. The molecule has 1 aromatic heterocycles. The van der Waals surface area contributed by atoms with Gasteiger partial charge in [-0.15, -0.1) is 0 Å². The number of phenolic OH excluding ortho intramolecular Hbond substituents is 1. The molecule has 1 atom stereocenters. The number of furan rings is 1. The zero-order valence-electron chi connectivity index (χ0n) is 19.0. The van der Waals surface area contributed by atoms with Crippen LogP contribution in [-0.2, 0) is 10.0 Å². The third-order valence-corrected chi connectivity index (χ3v) is 8.45. The fourth-order valence-electron chi connectivity index (χ4n) is 4.96. The fourth-order valence-corrected chi connectivity index (χ4v) is 6.69. The van der Waals surface area contributed by atoms with E-state index in [-0.39, 0.29) is 16.7 Å². The first-order valence-electron chi connectivity index (χ1n) is 11.5. The number of fused-ring (bicyclic) bond motifs is 4. The Hall–Kier alpha value is -4.03. The Kier molecular flexibility index (Phi) is 4.93. The molecule has 0 spiro atoms. The quantitative estimate of drug-likeness (QED) is 0.296. The average molecular weight is 482 g/mol. The molecule has 1 unspecified atom stereocenters. The van der Waals surface area contributed by atoms with Gasteiger partial charge >= 0.3 is 0 Å². The van der Waals surface area contributed by atoms with E-state index in [4.69, 9.17) is 4.42 Å². The minimum atomic E-state index is -3.90. The zero-order chi connectivity index (χ0) is 24.2. The summed E-state index contributed by atoms with van der Waals surface area (Å²) in [6.07, 6.45) is 0.610. The molecule has 1 aliphatic heterocycles. The summed E-state index contributed by atoms with van der Waals surface area (Å²) in [7, 11) is -3.90. The molecule has 6 heteroatoms. The van der Waals surface area contributed by atoms with E-state index in [2.05, 4.69) is 0 Å². The lowest BCUT2D eigenvalue weighted by Gasteiger charge is -2.39. The van der Waals surface area contributed by atoms with Crippen LogP contribution in [0.3, 0.4) is 0 Å². The van der Waals surface area contributed by atoms with Gasteiger partial charge in [0.25, 0.3) is 10.0 Å². The fraction of sp³-hybridized carbons (Fsp3) is 0.103. The first-order chi connectivity index (χ1) is 17.0. The molecule has 2 heterocycles. The van der Waals surface area contributed by atoms with Gasteiger partial charge in [-0.25, -0.2) is 8.42 Å². The molecule has 5 aromatic rings. The second-order valence-corrected chi connectivity index (χ2v) is 10.5. The summed E-state index contributed by atoms with van der Waals surface area (Å²) in [5.41, 5.74) is 5.14. The summed E-state index contributed by atoms with van der Waals surface area (Å²) in [5, 5.41) is 10.7. The second-order valence-electron chi connectivity index (χ2n) is 8.69. The number of aromatic hydroxyl groups is 1. The van der Waals surface area contributed by atoms with E-state index in [0.29, 0.717) is 12.1 Å². The predicted octanol–water partition coefficient (Wildman–Crippen LogP) is 7.13. The maximum atomic E-state index is 13.9. The van der Waals surface area contributed by atoms with Crippen LogP contribution in [0.2, 0.25) is 0 Å². The highest BCUT2D eigenvalue weighted by Gasteiger charge is 2.38. The van der Waals surface area contributed by atoms with Gasteiger partial charge in [0.2, 0.25) is 0 Å². The maximum Gasteiger partial charge on any atom is 0.264 e. The van der Waals surface area contributed by atoms with Crippen molar-refractivity contribution in [3.63, 3.8) is 0 Å². The standard InChI is InChI=1S/C29H23NO4S/c1-2-26-24-9-5-4-8-23(24)25-17-20(29-18-19-7-3-6-10-28(19)34-29)11-16-27(25)30(26)35(32,33)22-14-12-21(31)13-15-22/h3-18,26,31H,2H2,1H3. The van der Waals surface area contributed by atoms with E-state index in [1.165, 1.54) is 28.6 Å². The smallest absolute Gasteiger partial charge is 0.264 e. The van der Waals surface area contributed by atoms with E-state index < -0.39 is 10.0 Å². The Labute approximate surface area is 203 Å². The highest BCUT2D eigenvalue weighted by Crippen LogP contribution is 2.49. The number of nitrogens with zero attached hydrogens (tertiary/aromatic N) is 1. The third kappa shape index (κ3) is 3.41.